The van der Waals surface area contributed by atoms with Gasteiger partial charge in [0.15, 0.2) is 0 Å². The standard InChI is InChI=1S/C18H27N3O2/c1-3-21-10-13(2)17(11-21)20-18(22)19-9-16-8-14-6-4-5-7-15(14)12-23-16/h4-7,13,16-17H,3,8-12H2,1-2H3,(H2,19,20,22)/t13?,16-,17?/m0/s1. The molecule has 2 amide bonds. The molecule has 2 aliphatic rings. The maximum atomic E-state index is 12.1. The average molecular weight is 317 g/mol. The molecule has 2 heterocycles. The molecule has 23 heavy (non-hydrogen) atoms. The Morgan fingerprint density at radius 1 is 1.30 bits per heavy atom. The molecule has 0 bridgehead atoms. The fraction of sp³-hybridized carbons (Fsp3) is 0.611. The third-order valence-corrected chi connectivity index (χ3v) is 4.98. The van der Waals surface area contributed by atoms with Crippen LogP contribution in [0.3, 0.4) is 0 Å². The van der Waals surface area contributed by atoms with Crippen LogP contribution in [0, 0.1) is 5.92 Å². The number of amides is 2. The molecular formula is C18H27N3O2. The second-order valence-electron chi connectivity index (χ2n) is 6.70. The van der Waals surface area contributed by atoms with Crippen LogP contribution in [0.25, 0.3) is 0 Å². The largest absolute Gasteiger partial charge is 0.371 e. The van der Waals surface area contributed by atoms with Crippen molar-refractivity contribution < 1.29 is 9.53 Å². The highest BCUT2D eigenvalue weighted by Crippen LogP contribution is 2.20. The van der Waals surface area contributed by atoms with Crippen LogP contribution in [0.1, 0.15) is 25.0 Å². The highest BCUT2D eigenvalue weighted by molar-refractivity contribution is 5.74. The van der Waals surface area contributed by atoms with Crippen molar-refractivity contribution in [3.8, 4) is 0 Å². The first-order valence-electron chi connectivity index (χ1n) is 8.60. The number of carbonyl (C=O) groups excluding carboxylic acids is 1. The molecule has 2 aliphatic heterocycles. The summed E-state index contributed by atoms with van der Waals surface area (Å²) in [5.74, 6) is 0.499. The Balaban J connectivity index is 1.43. The molecule has 126 valence electrons. The summed E-state index contributed by atoms with van der Waals surface area (Å²) >= 11 is 0. The van der Waals surface area contributed by atoms with E-state index in [1.54, 1.807) is 0 Å². The zero-order valence-electron chi connectivity index (χ0n) is 14.0. The van der Waals surface area contributed by atoms with Gasteiger partial charge in [-0.15, -0.1) is 0 Å². The number of fused-ring (bicyclic) bond motifs is 1. The lowest BCUT2D eigenvalue weighted by molar-refractivity contribution is 0.0305. The van der Waals surface area contributed by atoms with E-state index in [2.05, 4.69) is 47.6 Å². The average Bonchev–Trinajstić information content (AvgIpc) is 2.93. The lowest BCUT2D eigenvalue weighted by Crippen LogP contribution is -2.48. The summed E-state index contributed by atoms with van der Waals surface area (Å²) < 4.78 is 5.83. The molecule has 2 N–H and O–H groups in total. The molecule has 1 aromatic carbocycles. The summed E-state index contributed by atoms with van der Waals surface area (Å²) in [4.78, 5) is 14.5. The molecule has 3 atom stereocenters. The van der Waals surface area contributed by atoms with Crippen molar-refractivity contribution in [3.63, 3.8) is 0 Å². The molecule has 3 rings (SSSR count). The van der Waals surface area contributed by atoms with E-state index >= 15 is 0 Å². The van der Waals surface area contributed by atoms with Crippen molar-refractivity contribution in [3.05, 3.63) is 35.4 Å². The molecule has 0 spiro atoms. The van der Waals surface area contributed by atoms with E-state index in [-0.39, 0.29) is 18.2 Å². The third kappa shape index (κ3) is 4.03. The van der Waals surface area contributed by atoms with Gasteiger partial charge in [-0.1, -0.05) is 38.1 Å². The molecule has 2 unspecified atom stereocenters. The second-order valence-corrected chi connectivity index (χ2v) is 6.70. The maximum Gasteiger partial charge on any atom is 0.315 e. The van der Waals surface area contributed by atoms with E-state index < -0.39 is 0 Å². The summed E-state index contributed by atoms with van der Waals surface area (Å²) in [5, 5.41) is 6.07. The van der Waals surface area contributed by atoms with Crippen LogP contribution < -0.4 is 10.6 Å². The summed E-state index contributed by atoms with van der Waals surface area (Å²) in [5.41, 5.74) is 2.58. The minimum atomic E-state index is -0.0812. The number of carbonyl (C=O) groups is 1. The lowest BCUT2D eigenvalue weighted by Gasteiger charge is -2.26. The van der Waals surface area contributed by atoms with Crippen molar-refractivity contribution in [2.24, 2.45) is 5.92 Å². The van der Waals surface area contributed by atoms with E-state index in [1.807, 2.05) is 6.07 Å². The SMILES string of the molecule is CCN1CC(C)C(NC(=O)NC[C@@H]2Cc3ccccc3CO2)C1. The normalized spacial score (nSPS) is 27.5. The van der Waals surface area contributed by atoms with Gasteiger partial charge in [-0.05, 0) is 23.6 Å². The van der Waals surface area contributed by atoms with E-state index in [1.165, 1.54) is 11.1 Å². The van der Waals surface area contributed by atoms with Crippen LogP contribution in [0.2, 0.25) is 0 Å². The van der Waals surface area contributed by atoms with Gasteiger partial charge >= 0.3 is 6.03 Å². The first-order chi connectivity index (χ1) is 11.2. The topological polar surface area (TPSA) is 53.6 Å². The van der Waals surface area contributed by atoms with Gasteiger partial charge in [0, 0.05) is 32.1 Å². The van der Waals surface area contributed by atoms with Gasteiger partial charge in [-0.3, -0.25) is 0 Å². The Bertz CT molecular complexity index is 549. The van der Waals surface area contributed by atoms with Crippen LogP contribution in [-0.2, 0) is 17.8 Å². The summed E-state index contributed by atoms with van der Waals surface area (Å²) in [7, 11) is 0. The van der Waals surface area contributed by atoms with Gasteiger partial charge in [0.2, 0.25) is 0 Å². The molecule has 5 nitrogen and oxygen atoms in total. The summed E-state index contributed by atoms with van der Waals surface area (Å²) in [6.07, 6.45) is 0.920. The Labute approximate surface area is 138 Å². The summed E-state index contributed by atoms with van der Waals surface area (Å²) in [6.45, 7) is 8.59. The van der Waals surface area contributed by atoms with Gasteiger partial charge in [0.05, 0.1) is 12.7 Å². The summed E-state index contributed by atoms with van der Waals surface area (Å²) in [6, 6.07) is 8.50. The van der Waals surface area contributed by atoms with Crippen molar-refractivity contribution in [1.82, 2.24) is 15.5 Å². The van der Waals surface area contributed by atoms with E-state index in [0.29, 0.717) is 19.1 Å². The molecular weight excluding hydrogens is 290 g/mol. The Kier molecular flexibility index (Phi) is 5.18. The van der Waals surface area contributed by atoms with Gasteiger partial charge in [-0.2, -0.15) is 0 Å². The number of likely N-dealkylation sites (N-methyl/N-ethyl adjacent to an activating group) is 1. The predicted octanol–water partition coefficient (Wildman–Crippen LogP) is 1.77. The first-order valence-corrected chi connectivity index (χ1v) is 8.60. The third-order valence-electron chi connectivity index (χ3n) is 4.98. The monoisotopic (exact) mass is 317 g/mol. The maximum absolute atomic E-state index is 12.1. The van der Waals surface area contributed by atoms with Crippen LogP contribution in [-0.4, -0.2) is 49.3 Å². The first kappa shape index (κ1) is 16.3. The number of ether oxygens (including phenoxy) is 1. The van der Waals surface area contributed by atoms with Crippen molar-refractivity contribution in [2.75, 3.05) is 26.2 Å². The number of hydrogen-bond acceptors (Lipinski definition) is 3. The van der Waals surface area contributed by atoms with E-state index in [4.69, 9.17) is 4.74 Å². The number of urea groups is 1. The van der Waals surface area contributed by atoms with E-state index in [9.17, 15) is 4.79 Å². The molecule has 0 saturated carbocycles. The van der Waals surface area contributed by atoms with Gasteiger partial charge < -0.3 is 20.3 Å². The van der Waals surface area contributed by atoms with Crippen molar-refractivity contribution in [2.45, 2.75) is 39.0 Å². The Hall–Kier alpha value is -1.59. The fourth-order valence-corrected chi connectivity index (χ4v) is 3.48. The number of rotatable bonds is 4. The quantitative estimate of drug-likeness (QED) is 0.890. The van der Waals surface area contributed by atoms with Gasteiger partial charge in [0.1, 0.15) is 0 Å². The molecule has 0 aromatic heterocycles. The number of nitrogens with zero attached hydrogens (tertiary/aromatic N) is 1. The lowest BCUT2D eigenvalue weighted by atomic mass is 9.99. The van der Waals surface area contributed by atoms with Gasteiger partial charge in [0.25, 0.3) is 0 Å². The molecule has 5 heteroatoms. The minimum Gasteiger partial charge on any atom is -0.371 e. The molecule has 1 aromatic rings. The smallest absolute Gasteiger partial charge is 0.315 e. The predicted molar refractivity (Wildman–Crippen MR) is 90.3 cm³/mol. The zero-order chi connectivity index (χ0) is 16.2. The second kappa shape index (κ2) is 7.32. The van der Waals surface area contributed by atoms with E-state index in [0.717, 1.165) is 26.1 Å². The number of nitrogens with one attached hydrogen (secondary N) is 2. The van der Waals surface area contributed by atoms with Crippen LogP contribution >= 0.6 is 0 Å². The van der Waals surface area contributed by atoms with Crippen molar-refractivity contribution in [1.29, 1.82) is 0 Å². The van der Waals surface area contributed by atoms with Crippen molar-refractivity contribution >= 4 is 6.03 Å². The zero-order valence-corrected chi connectivity index (χ0v) is 14.0. The Morgan fingerprint density at radius 3 is 2.83 bits per heavy atom. The van der Waals surface area contributed by atoms with Crippen LogP contribution in [0.5, 0.6) is 0 Å². The number of benzene rings is 1. The molecule has 1 fully saturated rings. The molecule has 0 radical (unpaired) electrons. The van der Waals surface area contributed by atoms with Crippen LogP contribution in [0.15, 0.2) is 24.3 Å². The minimum absolute atomic E-state index is 0.0591. The Morgan fingerprint density at radius 2 is 2.09 bits per heavy atom. The number of likely N-dealkylation sites (tertiary alicyclic amines) is 1. The molecule has 0 aliphatic carbocycles. The number of hydrogen-bond donors (Lipinski definition) is 2. The van der Waals surface area contributed by atoms with Crippen LogP contribution in [0.4, 0.5) is 4.79 Å². The highest BCUT2D eigenvalue weighted by Gasteiger charge is 2.29. The highest BCUT2D eigenvalue weighted by atomic mass is 16.5. The molecule has 1 saturated heterocycles. The van der Waals surface area contributed by atoms with Gasteiger partial charge in [-0.25, -0.2) is 4.79 Å². The fourth-order valence-electron chi connectivity index (χ4n) is 3.48.